The van der Waals surface area contributed by atoms with E-state index in [4.69, 9.17) is 9.84 Å². The van der Waals surface area contributed by atoms with E-state index in [1.54, 1.807) is 7.05 Å². The van der Waals surface area contributed by atoms with Crippen LogP contribution < -0.4 is 10.1 Å². The van der Waals surface area contributed by atoms with Crippen molar-refractivity contribution in [1.82, 2.24) is 14.4 Å². The van der Waals surface area contributed by atoms with E-state index in [1.165, 1.54) is 23.9 Å². The Balaban J connectivity index is 2.76. The number of carboxylic acid groups (broad SMARTS) is 1. The van der Waals surface area contributed by atoms with Crippen molar-refractivity contribution < 1.29 is 14.6 Å². The third-order valence-electron chi connectivity index (χ3n) is 2.14. The molecule has 0 spiro atoms. The second-order valence-corrected chi connectivity index (χ2v) is 3.02. The maximum absolute atomic E-state index is 10.9. The van der Waals surface area contributed by atoms with Gasteiger partial charge in [0.2, 0.25) is 5.88 Å². The van der Waals surface area contributed by atoms with E-state index in [9.17, 15) is 4.79 Å². The summed E-state index contributed by atoms with van der Waals surface area (Å²) in [6.45, 7) is 0. The number of hydrogen-bond acceptors (Lipinski definition) is 5. The molecule has 16 heavy (non-hydrogen) atoms. The van der Waals surface area contributed by atoms with Gasteiger partial charge < -0.3 is 15.2 Å². The van der Waals surface area contributed by atoms with Crippen LogP contribution in [0.5, 0.6) is 5.88 Å². The fourth-order valence-electron chi connectivity index (χ4n) is 1.39. The maximum Gasteiger partial charge on any atom is 0.354 e. The number of aromatic carboxylic acids is 1. The molecule has 0 aromatic carbocycles. The van der Waals surface area contributed by atoms with Gasteiger partial charge in [0.15, 0.2) is 17.2 Å². The molecule has 0 fully saturated rings. The fraction of sp³-hybridized carbons (Fsp3) is 0.222. The Morgan fingerprint density at radius 3 is 2.94 bits per heavy atom. The molecule has 7 heteroatoms. The largest absolute Gasteiger partial charge is 0.480 e. The van der Waals surface area contributed by atoms with Crippen molar-refractivity contribution in [1.29, 1.82) is 0 Å². The fourth-order valence-corrected chi connectivity index (χ4v) is 1.39. The predicted octanol–water partition coefficient (Wildman–Crippen LogP) is 0.478. The smallest absolute Gasteiger partial charge is 0.354 e. The molecule has 0 aliphatic heterocycles. The van der Waals surface area contributed by atoms with Crippen LogP contribution in [0.3, 0.4) is 0 Å². The van der Waals surface area contributed by atoms with Crippen LogP contribution in [-0.4, -0.2) is 39.6 Å². The monoisotopic (exact) mass is 222 g/mol. The third-order valence-corrected chi connectivity index (χ3v) is 2.14. The van der Waals surface area contributed by atoms with Crippen LogP contribution in [0.4, 0.5) is 5.82 Å². The Morgan fingerprint density at radius 1 is 1.62 bits per heavy atom. The molecular formula is C9H10N4O3. The van der Waals surface area contributed by atoms with Crippen LogP contribution in [0.2, 0.25) is 0 Å². The number of fused-ring (bicyclic) bond motifs is 1. The van der Waals surface area contributed by atoms with Gasteiger partial charge in [-0.1, -0.05) is 0 Å². The van der Waals surface area contributed by atoms with Crippen molar-refractivity contribution in [2.45, 2.75) is 0 Å². The summed E-state index contributed by atoms with van der Waals surface area (Å²) in [7, 11) is 3.14. The van der Waals surface area contributed by atoms with Gasteiger partial charge in [-0.05, 0) is 0 Å². The number of carbonyl (C=O) groups is 1. The van der Waals surface area contributed by atoms with Gasteiger partial charge in [-0.25, -0.2) is 9.78 Å². The number of imidazole rings is 1. The maximum atomic E-state index is 10.9. The Kier molecular flexibility index (Phi) is 2.35. The number of rotatable bonds is 3. The molecule has 2 aromatic rings. The molecule has 2 rings (SSSR count). The molecule has 0 saturated carbocycles. The lowest BCUT2D eigenvalue weighted by molar-refractivity contribution is 0.0689. The molecule has 0 unspecified atom stereocenters. The zero-order chi connectivity index (χ0) is 11.7. The van der Waals surface area contributed by atoms with Crippen LogP contribution in [0.1, 0.15) is 10.5 Å². The van der Waals surface area contributed by atoms with Crippen molar-refractivity contribution in [3.63, 3.8) is 0 Å². The minimum Gasteiger partial charge on any atom is -0.480 e. The van der Waals surface area contributed by atoms with E-state index in [-0.39, 0.29) is 5.69 Å². The van der Waals surface area contributed by atoms with Gasteiger partial charge in [-0.2, -0.15) is 4.98 Å². The lowest BCUT2D eigenvalue weighted by atomic mass is 10.5. The zero-order valence-electron chi connectivity index (χ0n) is 8.76. The van der Waals surface area contributed by atoms with Crippen molar-refractivity contribution in [2.24, 2.45) is 0 Å². The SMILES string of the molecule is CNc1nc(OC)cn2c(C(=O)O)cnc12. The van der Waals surface area contributed by atoms with Gasteiger partial charge in [0.25, 0.3) is 0 Å². The molecule has 0 amide bonds. The number of anilines is 1. The minimum absolute atomic E-state index is 0.0622. The summed E-state index contributed by atoms with van der Waals surface area (Å²) in [6, 6.07) is 0. The number of hydrogen-bond donors (Lipinski definition) is 2. The number of nitrogens with one attached hydrogen (secondary N) is 1. The first-order valence-electron chi connectivity index (χ1n) is 4.50. The molecule has 2 aromatic heterocycles. The summed E-state index contributed by atoms with van der Waals surface area (Å²) in [5.41, 5.74) is 0.507. The normalized spacial score (nSPS) is 10.4. The Bertz CT molecular complexity index is 549. The molecule has 0 bridgehead atoms. The standard InChI is InChI=1S/C9H10N4O3/c1-10-7-8-11-3-5(9(14)15)13(8)4-6(12-7)16-2/h3-4H,1-2H3,(H,10,12)(H,14,15). The van der Waals surface area contributed by atoms with Crippen molar-refractivity contribution in [3.05, 3.63) is 18.1 Å². The van der Waals surface area contributed by atoms with Crippen LogP contribution in [0, 0.1) is 0 Å². The lowest BCUT2D eigenvalue weighted by Crippen LogP contribution is -2.05. The average molecular weight is 222 g/mol. The predicted molar refractivity (Wildman–Crippen MR) is 56.0 cm³/mol. The molecular weight excluding hydrogens is 212 g/mol. The summed E-state index contributed by atoms with van der Waals surface area (Å²) in [5, 5.41) is 11.8. The number of aromatic nitrogens is 3. The number of carboxylic acids is 1. The molecule has 0 radical (unpaired) electrons. The highest BCUT2D eigenvalue weighted by atomic mass is 16.5. The Hall–Kier alpha value is -2.31. The van der Waals surface area contributed by atoms with E-state index in [1.807, 2.05) is 0 Å². The summed E-state index contributed by atoms with van der Waals surface area (Å²) >= 11 is 0. The van der Waals surface area contributed by atoms with Gasteiger partial charge in [-0.15, -0.1) is 0 Å². The first-order chi connectivity index (χ1) is 7.67. The average Bonchev–Trinajstić information content (AvgIpc) is 2.71. The van der Waals surface area contributed by atoms with E-state index in [2.05, 4.69) is 15.3 Å². The van der Waals surface area contributed by atoms with Gasteiger partial charge in [0, 0.05) is 7.05 Å². The van der Waals surface area contributed by atoms with E-state index < -0.39 is 5.97 Å². The highest BCUT2D eigenvalue weighted by Crippen LogP contribution is 2.19. The van der Waals surface area contributed by atoms with Crippen LogP contribution >= 0.6 is 0 Å². The van der Waals surface area contributed by atoms with E-state index in [0.717, 1.165) is 0 Å². The quantitative estimate of drug-likeness (QED) is 0.785. The highest BCUT2D eigenvalue weighted by molar-refractivity contribution is 5.87. The molecule has 2 heterocycles. The Morgan fingerprint density at radius 2 is 2.38 bits per heavy atom. The summed E-state index contributed by atoms with van der Waals surface area (Å²) in [4.78, 5) is 19.0. The molecule has 0 saturated heterocycles. The van der Waals surface area contributed by atoms with Crippen LogP contribution in [-0.2, 0) is 0 Å². The van der Waals surface area contributed by atoms with Crippen LogP contribution in [0.15, 0.2) is 12.4 Å². The molecule has 0 atom stereocenters. The van der Waals surface area contributed by atoms with Crippen molar-refractivity contribution >= 4 is 17.4 Å². The van der Waals surface area contributed by atoms with Crippen molar-refractivity contribution in [3.8, 4) is 5.88 Å². The highest BCUT2D eigenvalue weighted by Gasteiger charge is 2.14. The summed E-state index contributed by atoms with van der Waals surface area (Å²) in [6.07, 6.45) is 2.76. The summed E-state index contributed by atoms with van der Waals surface area (Å²) < 4.78 is 6.39. The van der Waals surface area contributed by atoms with Crippen LogP contribution in [0.25, 0.3) is 5.65 Å². The van der Waals surface area contributed by atoms with E-state index >= 15 is 0 Å². The van der Waals surface area contributed by atoms with Gasteiger partial charge in [0.05, 0.1) is 19.5 Å². The zero-order valence-corrected chi connectivity index (χ0v) is 8.76. The minimum atomic E-state index is -1.05. The summed E-state index contributed by atoms with van der Waals surface area (Å²) in [5.74, 6) is -0.271. The number of ether oxygens (including phenoxy) is 1. The van der Waals surface area contributed by atoms with Gasteiger partial charge in [-0.3, -0.25) is 4.40 Å². The molecule has 7 nitrogen and oxygen atoms in total. The van der Waals surface area contributed by atoms with Crippen molar-refractivity contribution in [2.75, 3.05) is 19.5 Å². The third kappa shape index (κ3) is 1.42. The second kappa shape index (κ2) is 3.69. The molecule has 0 aliphatic rings. The number of nitrogens with zero attached hydrogens (tertiary/aromatic N) is 3. The first-order valence-corrected chi connectivity index (χ1v) is 4.50. The number of methoxy groups -OCH3 is 1. The first kappa shape index (κ1) is 10.2. The molecule has 84 valence electrons. The molecule has 2 N–H and O–H groups in total. The van der Waals surface area contributed by atoms with E-state index in [0.29, 0.717) is 17.3 Å². The lowest BCUT2D eigenvalue weighted by Gasteiger charge is -2.05. The van der Waals surface area contributed by atoms with Gasteiger partial charge >= 0.3 is 5.97 Å². The Labute approximate surface area is 90.7 Å². The second-order valence-electron chi connectivity index (χ2n) is 3.02. The molecule has 0 aliphatic carbocycles. The van der Waals surface area contributed by atoms with Gasteiger partial charge in [0.1, 0.15) is 0 Å². The topological polar surface area (TPSA) is 88.8 Å².